The Kier molecular flexibility index (Phi) is 3.38. The molecule has 0 atom stereocenters. The fourth-order valence-corrected chi connectivity index (χ4v) is 1.55. The van der Waals surface area contributed by atoms with E-state index in [0.29, 0.717) is 17.1 Å². The van der Waals surface area contributed by atoms with Gasteiger partial charge in [-0.3, -0.25) is 5.32 Å². The fourth-order valence-electron chi connectivity index (χ4n) is 1.55. The van der Waals surface area contributed by atoms with Crippen molar-refractivity contribution < 1.29 is 14.6 Å². The molecule has 2 N–H and O–H groups in total. The molecular formula is C12H11N3O3. The van der Waals surface area contributed by atoms with E-state index < -0.39 is 6.09 Å². The number of aromatic nitrogens is 2. The number of amides is 1. The summed E-state index contributed by atoms with van der Waals surface area (Å²) >= 11 is 0. The summed E-state index contributed by atoms with van der Waals surface area (Å²) in [5, 5.41) is 10.9. The molecule has 0 aliphatic rings. The molecule has 0 spiro atoms. The fraction of sp³-hybridized carbons (Fsp3) is 0.0833. The number of ether oxygens (including phenoxy) is 1. The first kappa shape index (κ1) is 11.8. The number of rotatable bonds is 3. The zero-order chi connectivity index (χ0) is 13.0. The van der Waals surface area contributed by atoms with Crippen LogP contribution in [-0.4, -0.2) is 28.3 Å². The molecule has 0 radical (unpaired) electrons. The molecule has 0 saturated heterocycles. The third kappa shape index (κ3) is 2.54. The summed E-state index contributed by atoms with van der Waals surface area (Å²) in [6.45, 7) is 0. The molecule has 1 aromatic heterocycles. The number of carbonyl (C=O) groups is 1. The Hall–Kier alpha value is -2.63. The van der Waals surface area contributed by atoms with Crippen molar-refractivity contribution in [3.8, 4) is 17.0 Å². The van der Waals surface area contributed by atoms with E-state index in [1.54, 1.807) is 30.5 Å². The minimum absolute atomic E-state index is 0.442. The standard InChI is InChI=1S/C12H11N3O3/c1-18-11-6-8(15-12(16)17)2-3-9(11)10-4-5-13-7-14-10/h2-7,15H,1H3,(H,16,17). The maximum absolute atomic E-state index is 10.6. The minimum atomic E-state index is -1.12. The maximum Gasteiger partial charge on any atom is 0.409 e. The molecule has 0 aliphatic carbocycles. The van der Waals surface area contributed by atoms with Gasteiger partial charge in [0.05, 0.1) is 12.8 Å². The second kappa shape index (κ2) is 5.13. The zero-order valence-corrected chi connectivity index (χ0v) is 9.62. The Morgan fingerprint density at radius 2 is 2.22 bits per heavy atom. The highest BCUT2D eigenvalue weighted by Gasteiger charge is 2.08. The van der Waals surface area contributed by atoms with Crippen molar-refractivity contribution >= 4 is 11.8 Å². The van der Waals surface area contributed by atoms with Crippen molar-refractivity contribution in [2.24, 2.45) is 0 Å². The number of methoxy groups -OCH3 is 1. The van der Waals surface area contributed by atoms with E-state index in [-0.39, 0.29) is 0 Å². The third-order valence-electron chi connectivity index (χ3n) is 2.31. The summed E-state index contributed by atoms with van der Waals surface area (Å²) in [7, 11) is 1.52. The van der Waals surface area contributed by atoms with Crippen LogP contribution in [0.4, 0.5) is 10.5 Å². The minimum Gasteiger partial charge on any atom is -0.496 e. The maximum atomic E-state index is 10.6. The van der Waals surface area contributed by atoms with Crippen molar-refractivity contribution in [3.63, 3.8) is 0 Å². The lowest BCUT2D eigenvalue weighted by atomic mass is 10.1. The molecule has 92 valence electrons. The highest BCUT2D eigenvalue weighted by molar-refractivity contribution is 5.84. The highest BCUT2D eigenvalue weighted by atomic mass is 16.5. The van der Waals surface area contributed by atoms with Crippen molar-refractivity contribution in [2.45, 2.75) is 0 Å². The lowest BCUT2D eigenvalue weighted by Crippen LogP contribution is -2.07. The molecule has 6 heteroatoms. The molecule has 0 fully saturated rings. The quantitative estimate of drug-likeness (QED) is 0.866. The van der Waals surface area contributed by atoms with Gasteiger partial charge in [-0.1, -0.05) is 0 Å². The molecule has 2 aromatic rings. The number of hydrogen-bond donors (Lipinski definition) is 2. The normalized spacial score (nSPS) is 9.83. The molecule has 0 aliphatic heterocycles. The van der Waals surface area contributed by atoms with Gasteiger partial charge in [0.25, 0.3) is 0 Å². The van der Waals surface area contributed by atoms with Crippen LogP contribution in [0.5, 0.6) is 5.75 Å². The van der Waals surface area contributed by atoms with E-state index in [0.717, 1.165) is 5.56 Å². The van der Waals surface area contributed by atoms with Gasteiger partial charge in [0, 0.05) is 23.5 Å². The molecule has 6 nitrogen and oxygen atoms in total. The van der Waals surface area contributed by atoms with Crippen LogP contribution >= 0.6 is 0 Å². The summed E-state index contributed by atoms with van der Waals surface area (Å²) in [4.78, 5) is 18.5. The van der Waals surface area contributed by atoms with Gasteiger partial charge < -0.3 is 9.84 Å². The number of anilines is 1. The van der Waals surface area contributed by atoms with Gasteiger partial charge in [-0.05, 0) is 18.2 Å². The first-order chi connectivity index (χ1) is 8.70. The largest absolute Gasteiger partial charge is 0.496 e. The van der Waals surface area contributed by atoms with E-state index in [9.17, 15) is 4.79 Å². The van der Waals surface area contributed by atoms with E-state index in [2.05, 4.69) is 15.3 Å². The monoisotopic (exact) mass is 245 g/mol. The van der Waals surface area contributed by atoms with Gasteiger partial charge in [0.15, 0.2) is 0 Å². The van der Waals surface area contributed by atoms with Crippen LogP contribution in [-0.2, 0) is 0 Å². The molecule has 0 bridgehead atoms. The van der Waals surface area contributed by atoms with E-state index in [1.807, 2.05) is 0 Å². The summed E-state index contributed by atoms with van der Waals surface area (Å²) < 4.78 is 5.23. The number of nitrogens with zero attached hydrogens (tertiary/aromatic N) is 2. The number of nitrogens with one attached hydrogen (secondary N) is 1. The number of carboxylic acid groups (broad SMARTS) is 1. The predicted molar refractivity (Wildman–Crippen MR) is 65.7 cm³/mol. The van der Waals surface area contributed by atoms with E-state index >= 15 is 0 Å². The van der Waals surface area contributed by atoms with Crippen molar-refractivity contribution in [2.75, 3.05) is 12.4 Å². The smallest absolute Gasteiger partial charge is 0.409 e. The molecule has 0 saturated carbocycles. The second-order valence-corrected chi connectivity index (χ2v) is 3.44. The summed E-state index contributed by atoms with van der Waals surface area (Å²) in [5.41, 5.74) is 1.93. The van der Waals surface area contributed by atoms with Gasteiger partial charge in [0.1, 0.15) is 12.1 Å². The van der Waals surface area contributed by atoms with Crippen molar-refractivity contribution in [1.29, 1.82) is 0 Å². The Morgan fingerprint density at radius 1 is 1.39 bits per heavy atom. The Balaban J connectivity index is 2.41. The molecule has 1 amide bonds. The van der Waals surface area contributed by atoms with Crippen molar-refractivity contribution in [1.82, 2.24) is 9.97 Å². The summed E-state index contributed by atoms with van der Waals surface area (Å²) in [6.07, 6.45) is 1.95. The molecule has 1 heterocycles. The van der Waals surface area contributed by atoms with Gasteiger partial charge in [-0.2, -0.15) is 0 Å². The Bertz CT molecular complexity index is 558. The lowest BCUT2D eigenvalue weighted by molar-refractivity contribution is 0.209. The topological polar surface area (TPSA) is 84.3 Å². The van der Waals surface area contributed by atoms with Crippen LogP contribution < -0.4 is 10.1 Å². The van der Waals surface area contributed by atoms with E-state index in [1.165, 1.54) is 13.4 Å². The second-order valence-electron chi connectivity index (χ2n) is 3.44. The summed E-state index contributed by atoms with van der Waals surface area (Å²) in [5.74, 6) is 0.542. The Morgan fingerprint density at radius 3 is 2.83 bits per heavy atom. The lowest BCUT2D eigenvalue weighted by Gasteiger charge is -2.09. The van der Waals surface area contributed by atoms with Gasteiger partial charge >= 0.3 is 6.09 Å². The average Bonchev–Trinajstić information content (AvgIpc) is 2.39. The molecule has 0 unspecified atom stereocenters. The van der Waals surface area contributed by atoms with Crippen LogP contribution in [0, 0.1) is 0 Å². The Labute approximate surface area is 103 Å². The number of benzene rings is 1. The van der Waals surface area contributed by atoms with Gasteiger partial charge in [0.2, 0.25) is 0 Å². The van der Waals surface area contributed by atoms with Crippen LogP contribution in [0.1, 0.15) is 0 Å². The van der Waals surface area contributed by atoms with Crippen LogP contribution in [0.3, 0.4) is 0 Å². The molecular weight excluding hydrogens is 234 g/mol. The molecule has 18 heavy (non-hydrogen) atoms. The van der Waals surface area contributed by atoms with Gasteiger partial charge in [-0.15, -0.1) is 0 Å². The van der Waals surface area contributed by atoms with Crippen LogP contribution in [0.15, 0.2) is 36.8 Å². The third-order valence-corrected chi connectivity index (χ3v) is 2.31. The first-order valence-electron chi connectivity index (χ1n) is 5.15. The van der Waals surface area contributed by atoms with Crippen LogP contribution in [0.25, 0.3) is 11.3 Å². The molecule has 1 aromatic carbocycles. The summed E-state index contributed by atoms with van der Waals surface area (Å²) in [6, 6.07) is 6.74. The highest BCUT2D eigenvalue weighted by Crippen LogP contribution is 2.30. The van der Waals surface area contributed by atoms with Gasteiger partial charge in [-0.25, -0.2) is 14.8 Å². The SMILES string of the molecule is COc1cc(NC(=O)O)ccc1-c1ccncn1. The zero-order valence-electron chi connectivity index (χ0n) is 9.62. The van der Waals surface area contributed by atoms with Crippen LogP contribution in [0.2, 0.25) is 0 Å². The average molecular weight is 245 g/mol. The number of hydrogen-bond acceptors (Lipinski definition) is 4. The first-order valence-corrected chi connectivity index (χ1v) is 5.15. The van der Waals surface area contributed by atoms with Crippen molar-refractivity contribution in [3.05, 3.63) is 36.8 Å². The predicted octanol–water partition coefficient (Wildman–Crippen LogP) is 2.24. The van der Waals surface area contributed by atoms with E-state index in [4.69, 9.17) is 9.84 Å². The molecule has 2 rings (SSSR count).